The number of allylic oxidation sites excluding steroid dienone is 3. The van der Waals surface area contributed by atoms with Crippen LogP contribution in [0.4, 0.5) is 0 Å². The molecule has 0 radical (unpaired) electrons. The quantitative estimate of drug-likeness (QED) is 0.0643. The standard InChI is InChI=1S/C38H45N3O3S/c1-9-43-36(42)38(6,7)24-34-35(45-37(3,4)5)32-23-31(44-26-30-15-10-11-22-40-30)20-21-33(32)41(34)25-29-18-16-28(17-19-29)14-12-13-27(2)39-8/h10-23H,8-9,24-26H2,1-7H3/b14-12+,27-13-. The molecular weight excluding hydrogens is 579 g/mol. The zero-order valence-electron chi connectivity index (χ0n) is 27.6. The summed E-state index contributed by atoms with van der Waals surface area (Å²) < 4.78 is 14.0. The van der Waals surface area contributed by atoms with Crippen molar-refractivity contribution >= 4 is 41.4 Å². The number of aliphatic imine (C=N–C) groups is 1. The first-order valence-electron chi connectivity index (χ1n) is 15.3. The molecule has 0 bridgehead atoms. The van der Waals surface area contributed by atoms with E-state index in [0.29, 0.717) is 26.2 Å². The molecule has 0 aliphatic rings. The molecule has 2 aromatic carbocycles. The molecule has 0 saturated carbocycles. The molecule has 7 heteroatoms. The van der Waals surface area contributed by atoms with Crippen molar-refractivity contribution in [2.24, 2.45) is 10.4 Å². The van der Waals surface area contributed by atoms with Crippen molar-refractivity contribution in [3.05, 3.63) is 107 Å². The smallest absolute Gasteiger partial charge is 0.311 e. The molecule has 236 valence electrons. The van der Waals surface area contributed by atoms with Crippen LogP contribution in [0.2, 0.25) is 0 Å². The van der Waals surface area contributed by atoms with Crippen LogP contribution in [0.3, 0.4) is 0 Å². The number of nitrogens with zero attached hydrogens (tertiary/aromatic N) is 3. The van der Waals surface area contributed by atoms with Crippen molar-refractivity contribution in [2.45, 2.75) is 77.7 Å². The lowest BCUT2D eigenvalue weighted by Crippen LogP contribution is -2.30. The molecule has 0 atom stereocenters. The van der Waals surface area contributed by atoms with Gasteiger partial charge in [-0.1, -0.05) is 63.3 Å². The van der Waals surface area contributed by atoms with E-state index in [1.807, 2.05) is 75.9 Å². The Morgan fingerprint density at radius 2 is 1.82 bits per heavy atom. The second kappa shape index (κ2) is 14.8. The Balaban J connectivity index is 1.79. The second-order valence-corrected chi connectivity index (χ2v) is 14.6. The Hall–Kier alpha value is -4.10. The van der Waals surface area contributed by atoms with Crippen molar-refractivity contribution in [2.75, 3.05) is 6.61 Å². The van der Waals surface area contributed by atoms with E-state index in [4.69, 9.17) is 9.47 Å². The van der Waals surface area contributed by atoms with Gasteiger partial charge in [0.1, 0.15) is 12.4 Å². The summed E-state index contributed by atoms with van der Waals surface area (Å²) in [6, 6.07) is 20.7. The van der Waals surface area contributed by atoms with Gasteiger partial charge in [0.25, 0.3) is 0 Å². The van der Waals surface area contributed by atoms with Crippen LogP contribution in [0.1, 0.15) is 71.0 Å². The van der Waals surface area contributed by atoms with Crippen LogP contribution in [0, 0.1) is 5.41 Å². The van der Waals surface area contributed by atoms with E-state index in [1.54, 1.807) is 6.20 Å². The van der Waals surface area contributed by atoms with Gasteiger partial charge in [0.05, 0.1) is 17.7 Å². The van der Waals surface area contributed by atoms with Gasteiger partial charge in [-0.2, -0.15) is 0 Å². The van der Waals surface area contributed by atoms with Gasteiger partial charge in [-0.3, -0.25) is 14.8 Å². The molecule has 0 N–H and O–H groups in total. The van der Waals surface area contributed by atoms with Gasteiger partial charge < -0.3 is 14.0 Å². The number of thioether (sulfide) groups is 1. The number of ether oxygens (including phenoxy) is 2. The predicted octanol–water partition coefficient (Wildman–Crippen LogP) is 9.30. The van der Waals surface area contributed by atoms with E-state index in [-0.39, 0.29) is 10.7 Å². The van der Waals surface area contributed by atoms with Crippen LogP contribution in [-0.4, -0.2) is 33.6 Å². The molecule has 0 saturated heterocycles. The summed E-state index contributed by atoms with van der Waals surface area (Å²) in [5.41, 5.74) is 5.52. The zero-order chi connectivity index (χ0) is 32.6. The predicted molar refractivity (Wildman–Crippen MR) is 188 cm³/mol. The molecule has 2 aromatic heterocycles. The number of pyridine rings is 1. The molecule has 4 aromatic rings. The Labute approximate surface area is 272 Å². The summed E-state index contributed by atoms with van der Waals surface area (Å²) in [6.07, 6.45) is 8.29. The summed E-state index contributed by atoms with van der Waals surface area (Å²) in [5, 5.41) is 1.11. The monoisotopic (exact) mass is 623 g/mol. The fourth-order valence-corrected chi connectivity index (χ4v) is 6.13. The van der Waals surface area contributed by atoms with Crippen molar-refractivity contribution in [1.29, 1.82) is 0 Å². The maximum atomic E-state index is 13.1. The fraction of sp³-hybridized carbons (Fsp3) is 0.342. The molecule has 0 unspecified atom stereocenters. The largest absolute Gasteiger partial charge is 0.487 e. The highest BCUT2D eigenvalue weighted by Gasteiger charge is 2.34. The molecule has 0 aliphatic carbocycles. The van der Waals surface area contributed by atoms with Gasteiger partial charge in [-0.15, -0.1) is 11.8 Å². The number of carbonyl (C=O) groups is 1. The molecule has 0 aliphatic heterocycles. The Morgan fingerprint density at radius 3 is 2.47 bits per heavy atom. The van der Waals surface area contributed by atoms with E-state index in [2.05, 4.69) is 84.5 Å². The number of esters is 1. The number of benzene rings is 2. The first-order valence-corrected chi connectivity index (χ1v) is 16.2. The molecule has 0 fully saturated rings. The van der Waals surface area contributed by atoms with Crippen molar-refractivity contribution < 1.29 is 14.3 Å². The van der Waals surface area contributed by atoms with Crippen molar-refractivity contribution in [3.8, 4) is 5.75 Å². The summed E-state index contributed by atoms with van der Waals surface area (Å²) >= 11 is 1.83. The van der Waals surface area contributed by atoms with Crippen LogP contribution in [0.25, 0.3) is 17.0 Å². The third-order valence-electron chi connectivity index (χ3n) is 7.25. The third kappa shape index (κ3) is 9.21. The molecule has 2 heterocycles. The normalized spacial score (nSPS) is 12.6. The molecular formula is C38H45N3O3S. The van der Waals surface area contributed by atoms with Crippen LogP contribution in [-0.2, 0) is 29.1 Å². The molecule has 6 nitrogen and oxygen atoms in total. The summed E-state index contributed by atoms with van der Waals surface area (Å²) in [7, 11) is 0. The minimum Gasteiger partial charge on any atom is -0.487 e. The third-order valence-corrected chi connectivity index (χ3v) is 8.52. The maximum absolute atomic E-state index is 13.1. The molecule has 4 rings (SSSR count). The number of rotatable bonds is 13. The van der Waals surface area contributed by atoms with E-state index in [0.717, 1.165) is 44.2 Å². The number of hydrogen-bond acceptors (Lipinski definition) is 6. The van der Waals surface area contributed by atoms with E-state index < -0.39 is 5.41 Å². The first kappa shape index (κ1) is 33.8. The van der Waals surface area contributed by atoms with Crippen LogP contribution in [0.15, 0.2) is 94.6 Å². The average Bonchev–Trinajstić information content (AvgIpc) is 3.26. The number of carbonyl (C=O) groups excluding carboxylic acids is 1. The highest BCUT2D eigenvalue weighted by atomic mass is 32.2. The minimum atomic E-state index is -0.714. The van der Waals surface area contributed by atoms with E-state index >= 15 is 0 Å². The number of hydrogen-bond donors (Lipinski definition) is 0. The highest BCUT2D eigenvalue weighted by Crippen LogP contribution is 2.44. The molecule has 0 spiro atoms. The lowest BCUT2D eigenvalue weighted by atomic mass is 9.87. The molecule has 0 amide bonds. The average molecular weight is 624 g/mol. The van der Waals surface area contributed by atoms with Crippen molar-refractivity contribution in [3.63, 3.8) is 0 Å². The Bertz CT molecular complexity index is 1680. The molecule has 45 heavy (non-hydrogen) atoms. The van der Waals surface area contributed by atoms with Crippen LogP contribution >= 0.6 is 11.8 Å². The Kier molecular flexibility index (Phi) is 11.1. The van der Waals surface area contributed by atoms with Gasteiger partial charge in [0, 0.05) is 51.1 Å². The lowest BCUT2D eigenvalue weighted by molar-refractivity contribution is -0.153. The Morgan fingerprint density at radius 1 is 1.07 bits per heavy atom. The number of aromatic nitrogens is 2. The second-order valence-electron chi connectivity index (χ2n) is 12.7. The zero-order valence-corrected chi connectivity index (χ0v) is 28.4. The highest BCUT2D eigenvalue weighted by molar-refractivity contribution is 8.00. The number of fused-ring (bicyclic) bond motifs is 1. The van der Waals surface area contributed by atoms with Gasteiger partial charge >= 0.3 is 5.97 Å². The first-order chi connectivity index (χ1) is 21.4. The maximum Gasteiger partial charge on any atom is 0.311 e. The topological polar surface area (TPSA) is 65.7 Å². The summed E-state index contributed by atoms with van der Waals surface area (Å²) in [6.45, 7) is 19.3. The summed E-state index contributed by atoms with van der Waals surface area (Å²) in [4.78, 5) is 22.6. The van der Waals surface area contributed by atoms with Crippen molar-refractivity contribution in [1.82, 2.24) is 9.55 Å². The van der Waals surface area contributed by atoms with Gasteiger partial charge in [-0.05, 0) is 81.9 Å². The van der Waals surface area contributed by atoms with Gasteiger partial charge in [0.15, 0.2) is 0 Å². The van der Waals surface area contributed by atoms with E-state index in [1.165, 1.54) is 5.56 Å². The SMILES string of the molecule is C=N/C(C)=C\C=C\c1ccc(Cn2c(CC(C)(C)C(=O)OCC)c(SC(C)(C)C)c3cc(OCc4ccccn4)ccc32)cc1. The van der Waals surface area contributed by atoms with Gasteiger partial charge in [0.2, 0.25) is 0 Å². The summed E-state index contributed by atoms with van der Waals surface area (Å²) in [5.74, 6) is 0.587. The fourth-order valence-electron chi connectivity index (χ4n) is 4.95. The minimum absolute atomic E-state index is 0.0609. The van der Waals surface area contributed by atoms with Crippen LogP contribution in [0.5, 0.6) is 5.75 Å². The van der Waals surface area contributed by atoms with Crippen LogP contribution < -0.4 is 4.74 Å². The van der Waals surface area contributed by atoms with E-state index in [9.17, 15) is 4.79 Å². The lowest BCUT2D eigenvalue weighted by Gasteiger charge is -2.26. The van der Waals surface area contributed by atoms with Gasteiger partial charge in [-0.25, -0.2) is 0 Å².